The van der Waals surface area contributed by atoms with Crippen LogP contribution in [0.3, 0.4) is 0 Å². The highest BCUT2D eigenvalue weighted by Crippen LogP contribution is 2.39. The Kier molecular flexibility index (Phi) is 5.80. The van der Waals surface area contributed by atoms with E-state index in [0.29, 0.717) is 35.7 Å². The Balaban J connectivity index is 1.39. The molecule has 1 amide bonds. The molecule has 8 heteroatoms. The van der Waals surface area contributed by atoms with Crippen molar-refractivity contribution < 1.29 is 18.7 Å². The first kappa shape index (κ1) is 20.9. The fourth-order valence-electron chi connectivity index (χ4n) is 4.49. The number of amides is 1. The monoisotopic (exact) mass is 438 g/mol. The van der Waals surface area contributed by atoms with Crippen LogP contribution >= 0.6 is 0 Å². The van der Waals surface area contributed by atoms with Crippen molar-refractivity contribution >= 4 is 11.6 Å². The molecule has 0 bridgehead atoms. The van der Waals surface area contributed by atoms with E-state index >= 15 is 0 Å². The highest BCUT2D eigenvalue weighted by molar-refractivity contribution is 6.03. The molecule has 0 N–H and O–H groups in total. The minimum Gasteiger partial charge on any atom is -0.454 e. The van der Waals surface area contributed by atoms with Gasteiger partial charge in [-0.15, -0.1) is 0 Å². The number of hydrogen-bond donors (Lipinski definition) is 0. The number of carbonyl (C=O) groups is 1. The molecule has 3 aliphatic heterocycles. The van der Waals surface area contributed by atoms with E-state index in [-0.39, 0.29) is 24.6 Å². The summed E-state index contributed by atoms with van der Waals surface area (Å²) in [7, 11) is 0. The number of piperazine rings is 1. The average molecular weight is 439 g/mol. The van der Waals surface area contributed by atoms with E-state index < -0.39 is 0 Å². The number of hydrazone groups is 1. The van der Waals surface area contributed by atoms with Gasteiger partial charge in [0.15, 0.2) is 11.5 Å². The number of likely N-dealkylation sites (N-methyl/N-ethyl adjacent to an activating group) is 1. The molecule has 7 nitrogen and oxygen atoms in total. The van der Waals surface area contributed by atoms with Gasteiger partial charge >= 0.3 is 0 Å². The van der Waals surface area contributed by atoms with Crippen LogP contribution in [0.2, 0.25) is 0 Å². The smallest absolute Gasteiger partial charge is 0.257 e. The zero-order valence-corrected chi connectivity index (χ0v) is 18.2. The molecule has 1 saturated heterocycles. The predicted molar refractivity (Wildman–Crippen MR) is 118 cm³/mol. The van der Waals surface area contributed by atoms with Crippen LogP contribution in [0.5, 0.6) is 11.5 Å². The molecule has 2 aromatic carbocycles. The van der Waals surface area contributed by atoms with Crippen molar-refractivity contribution in [2.24, 2.45) is 5.10 Å². The third-order valence-corrected chi connectivity index (χ3v) is 6.38. The van der Waals surface area contributed by atoms with Crippen molar-refractivity contribution in [3.8, 4) is 11.5 Å². The third kappa shape index (κ3) is 4.20. The molecular formula is C24H27FN4O3. The third-order valence-electron chi connectivity index (χ3n) is 6.38. The number of rotatable bonds is 5. The van der Waals surface area contributed by atoms with Gasteiger partial charge in [-0.2, -0.15) is 5.10 Å². The van der Waals surface area contributed by atoms with Crippen molar-refractivity contribution in [1.29, 1.82) is 0 Å². The zero-order chi connectivity index (χ0) is 22.1. The number of hydrogen-bond acceptors (Lipinski definition) is 6. The van der Waals surface area contributed by atoms with Gasteiger partial charge in [0, 0.05) is 38.2 Å². The minimum atomic E-state index is -0.316. The van der Waals surface area contributed by atoms with Gasteiger partial charge in [0.25, 0.3) is 5.91 Å². The summed E-state index contributed by atoms with van der Waals surface area (Å²) in [5.74, 6) is 1.00. The molecule has 0 unspecified atom stereocenters. The molecule has 3 aliphatic rings. The zero-order valence-electron chi connectivity index (χ0n) is 18.2. The summed E-state index contributed by atoms with van der Waals surface area (Å²) in [6, 6.07) is 11.8. The molecule has 2 aromatic rings. The Morgan fingerprint density at radius 3 is 2.62 bits per heavy atom. The Hall–Kier alpha value is -2.97. The van der Waals surface area contributed by atoms with Crippen LogP contribution in [0.15, 0.2) is 47.6 Å². The molecule has 0 aliphatic carbocycles. The van der Waals surface area contributed by atoms with E-state index in [2.05, 4.69) is 21.8 Å². The predicted octanol–water partition coefficient (Wildman–Crippen LogP) is 2.87. The van der Waals surface area contributed by atoms with E-state index in [0.717, 1.165) is 38.3 Å². The van der Waals surface area contributed by atoms with Gasteiger partial charge in [0.05, 0.1) is 18.3 Å². The van der Waals surface area contributed by atoms with Crippen molar-refractivity contribution in [2.75, 3.05) is 46.1 Å². The lowest BCUT2D eigenvalue weighted by Crippen LogP contribution is -2.49. The lowest BCUT2D eigenvalue weighted by molar-refractivity contribution is -0.134. The lowest BCUT2D eigenvalue weighted by atomic mass is 9.98. The van der Waals surface area contributed by atoms with Gasteiger partial charge in [-0.3, -0.25) is 9.69 Å². The van der Waals surface area contributed by atoms with E-state index in [1.54, 1.807) is 11.1 Å². The van der Waals surface area contributed by atoms with Crippen LogP contribution in [0.25, 0.3) is 0 Å². The maximum Gasteiger partial charge on any atom is 0.257 e. The number of nitrogens with zero attached hydrogens (tertiary/aromatic N) is 4. The van der Waals surface area contributed by atoms with Crippen molar-refractivity contribution in [3.63, 3.8) is 0 Å². The SMILES string of the molecule is CCN1CCN(CC(=O)N2N=C(c3cccc(F)c3)C[C@H]2c2ccc3c(c2)OCO3)CC1. The maximum absolute atomic E-state index is 13.8. The van der Waals surface area contributed by atoms with Gasteiger partial charge in [-0.1, -0.05) is 25.1 Å². The number of ether oxygens (including phenoxy) is 2. The molecule has 1 fully saturated rings. The second-order valence-electron chi connectivity index (χ2n) is 8.34. The van der Waals surface area contributed by atoms with Crippen LogP contribution in [0.4, 0.5) is 4.39 Å². The lowest BCUT2D eigenvalue weighted by Gasteiger charge is -2.34. The van der Waals surface area contributed by atoms with Crippen LogP contribution in [0, 0.1) is 5.82 Å². The summed E-state index contributed by atoms with van der Waals surface area (Å²) in [5, 5.41) is 6.25. The fourth-order valence-corrected chi connectivity index (χ4v) is 4.49. The van der Waals surface area contributed by atoms with Crippen LogP contribution in [-0.2, 0) is 4.79 Å². The first-order chi connectivity index (χ1) is 15.6. The van der Waals surface area contributed by atoms with Crippen LogP contribution < -0.4 is 9.47 Å². The summed E-state index contributed by atoms with van der Waals surface area (Å²) in [4.78, 5) is 17.9. The van der Waals surface area contributed by atoms with E-state index in [9.17, 15) is 9.18 Å². The van der Waals surface area contributed by atoms with E-state index in [1.807, 2.05) is 24.3 Å². The topological polar surface area (TPSA) is 57.6 Å². The van der Waals surface area contributed by atoms with Gasteiger partial charge in [-0.25, -0.2) is 9.40 Å². The van der Waals surface area contributed by atoms with Crippen molar-refractivity contribution in [3.05, 3.63) is 59.4 Å². The molecule has 168 valence electrons. The summed E-state index contributed by atoms with van der Waals surface area (Å²) in [6.07, 6.45) is 0.512. The summed E-state index contributed by atoms with van der Waals surface area (Å²) >= 11 is 0. The van der Waals surface area contributed by atoms with Gasteiger partial charge in [0.2, 0.25) is 6.79 Å². The Bertz CT molecular complexity index is 1040. The second kappa shape index (κ2) is 8.88. The number of carbonyl (C=O) groups excluding carboxylic acids is 1. The Labute approximate surface area is 187 Å². The normalized spacial score (nSPS) is 21.1. The van der Waals surface area contributed by atoms with Crippen LogP contribution in [0.1, 0.15) is 30.5 Å². The molecule has 0 aromatic heterocycles. The number of benzene rings is 2. The van der Waals surface area contributed by atoms with Crippen molar-refractivity contribution in [2.45, 2.75) is 19.4 Å². The summed E-state index contributed by atoms with van der Waals surface area (Å²) < 4.78 is 24.8. The van der Waals surface area contributed by atoms with E-state index in [4.69, 9.17) is 9.47 Å². The molecule has 0 spiro atoms. The molecule has 0 saturated carbocycles. The summed E-state index contributed by atoms with van der Waals surface area (Å²) in [6.45, 7) is 7.36. The number of fused-ring (bicyclic) bond motifs is 1. The van der Waals surface area contributed by atoms with Gasteiger partial charge in [0.1, 0.15) is 5.82 Å². The first-order valence-electron chi connectivity index (χ1n) is 11.1. The number of halogens is 1. The van der Waals surface area contributed by atoms with Crippen LogP contribution in [-0.4, -0.2) is 72.5 Å². The highest BCUT2D eigenvalue weighted by atomic mass is 19.1. The molecule has 5 rings (SSSR count). The molecule has 0 radical (unpaired) electrons. The Morgan fingerprint density at radius 1 is 1.06 bits per heavy atom. The standard InChI is InChI=1S/C24H27FN4O3/c1-2-27-8-10-28(11-9-27)15-24(30)29-21(18-6-7-22-23(13-18)32-16-31-22)14-20(26-29)17-4-3-5-19(25)12-17/h3-7,12-13,21H,2,8-11,14-16H2,1H3/t21-/m0/s1. The first-order valence-corrected chi connectivity index (χ1v) is 11.1. The van der Waals surface area contributed by atoms with E-state index in [1.165, 1.54) is 12.1 Å². The van der Waals surface area contributed by atoms with Crippen molar-refractivity contribution in [1.82, 2.24) is 14.8 Å². The minimum absolute atomic E-state index is 0.0518. The quantitative estimate of drug-likeness (QED) is 0.719. The molecule has 32 heavy (non-hydrogen) atoms. The molecule has 1 atom stereocenters. The summed E-state index contributed by atoms with van der Waals surface area (Å²) in [5.41, 5.74) is 2.33. The molecular weight excluding hydrogens is 411 g/mol. The Morgan fingerprint density at radius 2 is 1.84 bits per heavy atom. The maximum atomic E-state index is 13.8. The fraction of sp³-hybridized carbons (Fsp3) is 0.417. The van der Waals surface area contributed by atoms with Gasteiger partial charge in [-0.05, 0) is 36.4 Å². The second-order valence-corrected chi connectivity index (χ2v) is 8.34. The molecule has 3 heterocycles. The highest BCUT2D eigenvalue weighted by Gasteiger charge is 2.35. The average Bonchev–Trinajstić information content (AvgIpc) is 3.46. The van der Waals surface area contributed by atoms with Gasteiger partial charge < -0.3 is 14.4 Å². The largest absolute Gasteiger partial charge is 0.454 e.